The van der Waals surface area contributed by atoms with Crippen LogP contribution in [0.5, 0.6) is 0 Å². The number of aryl methyl sites for hydroxylation is 1. The van der Waals surface area contributed by atoms with Gasteiger partial charge >= 0.3 is 0 Å². The molecule has 2 unspecified atom stereocenters. The van der Waals surface area contributed by atoms with Gasteiger partial charge in [0, 0.05) is 12.6 Å². The van der Waals surface area contributed by atoms with E-state index in [0.717, 1.165) is 19.4 Å². The molecule has 1 aliphatic rings. The van der Waals surface area contributed by atoms with Gasteiger partial charge in [-0.15, -0.1) is 0 Å². The largest absolute Gasteiger partial charge is 0.374 e. The van der Waals surface area contributed by atoms with Crippen molar-refractivity contribution in [2.45, 2.75) is 51.2 Å². The van der Waals surface area contributed by atoms with Crippen LogP contribution in [0.2, 0.25) is 0 Å². The summed E-state index contributed by atoms with van der Waals surface area (Å²) in [6.07, 6.45) is 4.39. The highest BCUT2D eigenvalue weighted by molar-refractivity contribution is 5.22. The monoisotopic (exact) mass is 233 g/mol. The Labute approximate surface area is 104 Å². The lowest BCUT2D eigenvalue weighted by Gasteiger charge is -2.38. The number of benzene rings is 1. The summed E-state index contributed by atoms with van der Waals surface area (Å²) in [6.45, 7) is 5.12. The molecule has 0 bridgehead atoms. The molecule has 1 fully saturated rings. The average molecular weight is 233 g/mol. The molecule has 2 heteroatoms. The lowest BCUT2D eigenvalue weighted by atomic mass is 9.85. The van der Waals surface area contributed by atoms with E-state index in [1.165, 1.54) is 24.0 Å². The van der Waals surface area contributed by atoms with E-state index in [4.69, 9.17) is 10.5 Å². The fourth-order valence-corrected chi connectivity index (χ4v) is 2.44. The van der Waals surface area contributed by atoms with Gasteiger partial charge in [0.2, 0.25) is 0 Å². The third kappa shape index (κ3) is 3.08. The van der Waals surface area contributed by atoms with E-state index in [0.29, 0.717) is 0 Å². The highest BCUT2D eigenvalue weighted by atomic mass is 16.5. The van der Waals surface area contributed by atoms with Crippen LogP contribution in [0.4, 0.5) is 0 Å². The molecule has 0 aliphatic carbocycles. The normalized spacial score (nSPS) is 26.8. The Morgan fingerprint density at radius 1 is 1.29 bits per heavy atom. The van der Waals surface area contributed by atoms with Crippen molar-refractivity contribution in [2.75, 3.05) is 6.61 Å². The molecular weight excluding hydrogens is 210 g/mol. The summed E-state index contributed by atoms with van der Waals surface area (Å²) in [7, 11) is 0. The smallest absolute Gasteiger partial charge is 0.0807 e. The molecule has 2 atom stereocenters. The molecular formula is C15H23NO. The highest BCUT2D eigenvalue weighted by Crippen LogP contribution is 2.28. The standard InChI is InChI=1S/C15H23NO/c1-12-5-7-13(8-6-12)11-14(16)15(2)9-3-4-10-17-15/h5-8,14H,3-4,9-11,16H2,1-2H3. The molecule has 0 spiro atoms. The van der Waals surface area contributed by atoms with Gasteiger partial charge in [0.05, 0.1) is 5.60 Å². The van der Waals surface area contributed by atoms with Crippen LogP contribution >= 0.6 is 0 Å². The molecule has 1 aromatic carbocycles. The predicted molar refractivity (Wildman–Crippen MR) is 71.1 cm³/mol. The van der Waals surface area contributed by atoms with E-state index >= 15 is 0 Å². The van der Waals surface area contributed by atoms with Crippen LogP contribution in [0.15, 0.2) is 24.3 Å². The maximum absolute atomic E-state index is 6.33. The van der Waals surface area contributed by atoms with Crippen LogP contribution < -0.4 is 5.73 Å². The van der Waals surface area contributed by atoms with Gasteiger partial charge in [0.25, 0.3) is 0 Å². The number of rotatable bonds is 3. The first-order chi connectivity index (χ1) is 8.10. The first-order valence-corrected chi connectivity index (χ1v) is 6.55. The van der Waals surface area contributed by atoms with Crippen molar-refractivity contribution in [3.8, 4) is 0 Å². The minimum absolute atomic E-state index is 0.0884. The molecule has 0 saturated carbocycles. The van der Waals surface area contributed by atoms with Crippen LogP contribution in [0.3, 0.4) is 0 Å². The molecule has 0 radical (unpaired) electrons. The second-order valence-electron chi connectivity index (χ2n) is 5.41. The summed E-state index contributed by atoms with van der Waals surface area (Å²) in [5.41, 5.74) is 8.79. The van der Waals surface area contributed by atoms with Gasteiger partial charge in [-0.05, 0) is 45.1 Å². The zero-order valence-electron chi connectivity index (χ0n) is 10.9. The third-order valence-electron chi connectivity index (χ3n) is 3.86. The minimum Gasteiger partial charge on any atom is -0.374 e. The van der Waals surface area contributed by atoms with Crippen molar-refractivity contribution in [3.05, 3.63) is 35.4 Å². The fourth-order valence-electron chi connectivity index (χ4n) is 2.44. The van der Waals surface area contributed by atoms with Crippen molar-refractivity contribution in [1.82, 2.24) is 0 Å². The second-order valence-corrected chi connectivity index (χ2v) is 5.41. The van der Waals surface area contributed by atoms with E-state index < -0.39 is 0 Å². The van der Waals surface area contributed by atoms with Gasteiger partial charge in [-0.3, -0.25) is 0 Å². The molecule has 0 aromatic heterocycles. The Hall–Kier alpha value is -0.860. The topological polar surface area (TPSA) is 35.2 Å². The molecule has 1 aromatic rings. The third-order valence-corrected chi connectivity index (χ3v) is 3.86. The zero-order valence-corrected chi connectivity index (χ0v) is 10.9. The summed E-state index contributed by atoms with van der Waals surface area (Å²) >= 11 is 0. The van der Waals surface area contributed by atoms with Gasteiger partial charge in [0.15, 0.2) is 0 Å². The molecule has 2 rings (SSSR count). The second kappa shape index (κ2) is 5.19. The predicted octanol–water partition coefficient (Wildman–Crippen LogP) is 2.82. The maximum Gasteiger partial charge on any atom is 0.0807 e. The molecule has 17 heavy (non-hydrogen) atoms. The van der Waals surface area contributed by atoms with Gasteiger partial charge in [-0.25, -0.2) is 0 Å². The van der Waals surface area contributed by atoms with E-state index in [9.17, 15) is 0 Å². The van der Waals surface area contributed by atoms with E-state index in [1.807, 2.05) is 0 Å². The number of nitrogens with two attached hydrogens (primary N) is 1. The van der Waals surface area contributed by atoms with Gasteiger partial charge in [0.1, 0.15) is 0 Å². The van der Waals surface area contributed by atoms with E-state index in [2.05, 4.69) is 38.1 Å². The number of hydrogen-bond donors (Lipinski definition) is 1. The van der Waals surface area contributed by atoms with Crippen LogP contribution in [0.1, 0.15) is 37.3 Å². The SMILES string of the molecule is Cc1ccc(CC(N)C2(C)CCCCO2)cc1. The van der Waals surface area contributed by atoms with Crippen LogP contribution in [-0.2, 0) is 11.2 Å². The van der Waals surface area contributed by atoms with E-state index in [-0.39, 0.29) is 11.6 Å². The summed E-state index contributed by atoms with van der Waals surface area (Å²) in [4.78, 5) is 0. The Morgan fingerprint density at radius 2 is 2.00 bits per heavy atom. The van der Waals surface area contributed by atoms with Gasteiger partial charge in [-0.1, -0.05) is 29.8 Å². The minimum atomic E-state index is -0.136. The number of hydrogen-bond acceptors (Lipinski definition) is 2. The molecule has 2 nitrogen and oxygen atoms in total. The van der Waals surface area contributed by atoms with Crippen molar-refractivity contribution >= 4 is 0 Å². The fraction of sp³-hybridized carbons (Fsp3) is 0.600. The average Bonchev–Trinajstić information content (AvgIpc) is 2.33. The lowest BCUT2D eigenvalue weighted by Crippen LogP contribution is -2.50. The first-order valence-electron chi connectivity index (χ1n) is 6.55. The number of ether oxygens (including phenoxy) is 1. The van der Waals surface area contributed by atoms with Crippen LogP contribution in [0.25, 0.3) is 0 Å². The quantitative estimate of drug-likeness (QED) is 0.871. The van der Waals surface area contributed by atoms with Crippen LogP contribution in [0, 0.1) is 6.92 Å². The Balaban J connectivity index is 2.00. The summed E-state index contributed by atoms with van der Waals surface area (Å²) < 4.78 is 5.90. The maximum atomic E-state index is 6.33. The van der Waals surface area contributed by atoms with Crippen molar-refractivity contribution in [2.24, 2.45) is 5.73 Å². The Kier molecular flexibility index (Phi) is 3.85. The van der Waals surface area contributed by atoms with Crippen molar-refractivity contribution < 1.29 is 4.74 Å². The molecule has 2 N–H and O–H groups in total. The van der Waals surface area contributed by atoms with E-state index in [1.54, 1.807) is 0 Å². The summed E-state index contributed by atoms with van der Waals surface area (Å²) in [6, 6.07) is 8.71. The summed E-state index contributed by atoms with van der Waals surface area (Å²) in [5.74, 6) is 0. The summed E-state index contributed by atoms with van der Waals surface area (Å²) in [5, 5.41) is 0. The molecule has 1 heterocycles. The zero-order chi connectivity index (χ0) is 12.3. The van der Waals surface area contributed by atoms with Gasteiger partial charge < -0.3 is 10.5 Å². The molecule has 0 amide bonds. The molecule has 1 aliphatic heterocycles. The lowest BCUT2D eigenvalue weighted by molar-refractivity contribution is -0.0808. The highest BCUT2D eigenvalue weighted by Gasteiger charge is 2.34. The van der Waals surface area contributed by atoms with Crippen molar-refractivity contribution in [1.29, 1.82) is 0 Å². The Morgan fingerprint density at radius 3 is 2.59 bits per heavy atom. The van der Waals surface area contributed by atoms with Crippen molar-refractivity contribution in [3.63, 3.8) is 0 Å². The Bertz CT molecular complexity index is 352. The molecule has 1 saturated heterocycles. The van der Waals surface area contributed by atoms with Crippen LogP contribution in [-0.4, -0.2) is 18.2 Å². The first kappa shape index (κ1) is 12.6. The molecule has 94 valence electrons. The van der Waals surface area contributed by atoms with Gasteiger partial charge in [-0.2, -0.15) is 0 Å².